The van der Waals surface area contributed by atoms with Crippen LogP contribution in [0.15, 0.2) is 28.5 Å². The van der Waals surface area contributed by atoms with E-state index in [2.05, 4.69) is 0 Å². The van der Waals surface area contributed by atoms with Crippen LogP contribution in [0.1, 0.15) is 11.3 Å². The molecular weight excluding hydrogens is 246 g/mol. The topological polar surface area (TPSA) is 57.6 Å². The van der Waals surface area contributed by atoms with Gasteiger partial charge >= 0.3 is 0 Å². The fourth-order valence-electron chi connectivity index (χ4n) is 1.55. The quantitative estimate of drug-likeness (QED) is 0.830. The van der Waals surface area contributed by atoms with Gasteiger partial charge < -0.3 is 5.11 Å². The van der Waals surface area contributed by atoms with Crippen molar-refractivity contribution >= 4 is 21.4 Å². The number of hydrogen-bond acceptors (Lipinski definition) is 4. The highest BCUT2D eigenvalue weighted by Gasteiger charge is 2.25. The molecule has 0 amide bonds. The highest BCUT2D eigenvalue weighted by Crippen LogP contribution is 2.25. The molecule has 16 heavy (non-hydrogen) atoms. The van der Waals surface area contributed by atoms with Crippen LogP contribution in [0.2, 0.25) is 0 Å². The Bertz CT molecular complexity index is 490. The molecule has 0 spiro atoms. The Hall–Kier alpha value is -0.690. The van der Waals surface area contributed by atoms with Crippen LogP contribution in [0.4, 0.5) is 0 Å². The summed E-state index contributed by atoms with van der Waals surface area (Å²) in [4.78, 5) is 0.672. The lowest BCUT2D eigenvalue weighted by molar-refractivity contribution is 0.285. The summed E-state index contributed by atoms with van der Waals surface area (Å²) in [5.74, 6) is 0. The van der Waals surface area contributed by atoms with Crippen molar-refractivity contribution in [3.63, 3.8) is 0 Å². The summed E-state index contributed by atoms with van der Waals surface area (Å²) in [7, 11) is -3.36. The van der Waals surface area contributed by atoms with Gasteiger partial charge in [-0.3, -0.25) is 0 Å². The van der Waals surface area contributed by atoms with E-state index in [1.807, 2.05) is 12.2 Å². The summed E-state index contributed by atoms with van der Waals surface area (Å²) in [6.07, 6.45) is 4.61. The van der Waals surface area contributed by atoms with Crippen molar-refractivity contribution < 1.29 is 13.5 Å². The van der Waals surface area contributed by atoms with Gasteiger partial charge in [0.1, 0.15) is 4.21 Å². The number of thiophene rings is 1. The minimum absolute atomic E-state index is 0.111. The molecule has 6 heteroatoms. The molecule has 0 fully saturated rings. The minimum Gasteiger partial charge on any atom is -0.391 e. The first-order chi connectivity index (χ1) is 7.64. The second-order valence-corrected chi connectivity index (χ2v) is 6.84. The molecule has 2 heterocycles. The molecule has 0 saturated heterocycles. The standard InChI is InChI=1S/C10H13NO3S2/c12-8-9-4-5-10(15-9)16(13,14)11-6-2-1-3-7-11/h1-2,4-5,12H,3,6-8H2. The Kier molecular flexibility index (Phi) is 3.44. The van der Waals surface area contributed by atoms with Crippen molar-refractivity contribution in [1.82, 2.24) is 4.31 Å². The first kappa shape index (κ1) is 11.8. The fourth-order valence-corrected chi connectivity index (χ4v) is 4.32. The number of sulfonamides is 1. The molecule has 4 nitrogen and oxygen atoms in total. The third kappa shape index (κ3) is 2.20. The van der Waals surface area contributed by atoms with Crippen molar-refractivity contribution in [3.8, 4) is 0 Å². The maximum Gasteiger partial charge on any atom is 0.252 e. The van der Waals surface area contributed by atoms with Crippen LogP contribution < -0.4 is 0 Å². The highest BCUT2D eigenvalue weighted by atomic mass is 32.2. The third-order valence-corrected chi connectivity index (χ3v) is 5.81. The molecule has 0 aromatic carbocycles. The maximum absolute atomic E-state index is 12.1. The zero-order chi connectivity index (χ0) is 11.6. The predicted octanol–water partition coefficient (Wildman–Crippen LogP) is 1.19. The average molecular weight is 259 g/mol. The largest absolute Gasteiger partial charge is 0.391 e. The molecule has 0 radical (unpaired) electrons. The molecule has 0 saturated carbocycles. The lowest BCUT2D eigenvalue weighted by atomic mass is 10.3. The SMILES string of the molecule is O=S(=O)(c1ccc(CO)s1)N1CC=CCC1. The molecular formula is C10H13NO3S2. The van der Waals surface area contributed by atoms with Crippen molar-refractivity contribution in [3.05, 3.63) is 29.2 Å². The van der Waals surface area contributed by atoms with E-state index in [0.29, 0.717) is 22.2 Å². The summed E-state index contributed by atoms with van der Waals surface area (Å²) in [6.45, 7) is 0.861. The summed E-state index contributed by atoms with van der Waals surface area (Å²) in [5.41, 5.74) is 0. The molecule has 1 aromatic rings. The Morgan fingerprint density at radius 3 is 2.75 bits per heavy atom. The van der Waals surface area contributed by atoms with Crippen LogP contribution in [0.5, 0.6) is 0 Å². The molecule has 88 valence electrons. The van der Waals surface area contributed by atoms with Crippen molar-refractivity contribution in [2.24, 2.45) is 0 Å². The van der Waals surface area contributed by atoms with Gasteiger partial charge in [0.25, 0.3) is 10.0 Å². The Labute approximate surface area is 98.9 Å². The number of aliphatic hydroxyl groups is 1. The monoisotopic (exact) mass is 259 g/mol. The third-order valence-electron chi connectivity index (χ3n) is 2.41. The Morgan fingerprint density at radius 1 is 1.38 bits per heavy atom. The van der Waals surface area contributed by atoms with Gasteiger partial charge in [-0.15, -0.1) is 11.3 Å². The van der Waals surface area contributed by atoms with E-state index in [-0.39, 0.29) is 6.61 Å². The van der Waals surface area contributed by atoms with E-state index in [4.69, 9.17) is 5.11 Å². The summed E-state index contributed by atoms with van der Waals surface area (Å²) >= 11 is 1.13. The molecule has 2 rings (SSSR count). The van der Waals surface area contributed by atoms with E-state index in [1.54, 1.807) is 12.1 Å². The van der Waals surface area contributed by atoms with Gasteiger partial charge in [-0.1, -0.05) is 12.2 Å². The first-order valence-corrected chi connectivity index (χ1v) is 7.25. The number of nitrogens with zero attached hydrogens (tertiary/aromatic N) is 1. The molecule has 1 aromatic heterocycles. The molecule has 0 aliphatic carbocycles. The molecule has 0 unspecified atom stereocenters. The van der Waals surface area contributed by atoms with Crippen molar-refractivity contribution in [1.29, 1.82) is 0 Å². The lowest BCUT2D eigenvalue weighted by Gasteiger charge is -2.21. The Balaban J connectivity index is 2.27. The maximum atomic E-state index is 12.1. The zero-order valence-corrected chi connectivity index (χ0v) is 10.3. The van der Waals surface area contributed by atoms with Crippen LogP contribution in [0.25, 0.3) is 0 Å². The van der Waals surface area contributed by atoms with E-state index in [1.165, 1.54) is 4.31 Å². The van der Waals surface area contributed by atoms with Gasteiger partial charge in [0.15, 0.2) is 0 Å². The summed E-state index contributed by atoms with van der Waals surface area (Å²) < 4.78 is 26.0. The minimum atomic E-state index is -3.36. The number of rotatable bonds is 3. The number of aliphatic hydroxyl groups excluding tert-OH is 1. The van der Waals surface area contributed by atoms with E-state index in [0.717, 1.165) is 17.8 Å². The van der Waals surface area contributed by atoms with Gasteiger partial charge in [-0.05, 0) is 18.6 Å². The van der Waals surface area contributed by atoms with E-state index >= 15 is 0 Å². The lowest BCUT2D eigenvalue weighted by Crippen LogP contribution is -2.33. The average Bonchev–Trinajstić information content (AvgIpc) is 2.79. The van der Waals surface area contributed by atoms with Crippen LogP contribution in [0.3, 0.4) is 0 Å². The van der Waals surface area contributed by atoms with Gasteiger partial charge in [-0.2, -0.15) is 4.31 Å². The summed E-state index contributed by atoms with van der Waals surface area (Å²) in [5, 5.41) is 8.92. The van der Waals surface area contributed by atoms with Gasteiger partial charge in [-0.25, -0.2) is 8.42 Å². The van der Waals surface area contributed by atoms with Crippen molar-refractivity contribution in [2.45, 2.75) is 17.2 Å². The Morgan fingerprint density at radius 2 is 2.19 bits per heavy atom. The molecule has 1 aliphatic rings. The van der Waals surface area contributed by atoms with Crippen molar-refractivity contribution in [2.75, 3.05) is 13.1 Å². The predicted molar refractivity (Wildman–Crippen MR) is 62.8 cm³/mol. The molecule has 1 N–H and O–H groups in total. The molecule has 0 bridgehead atoms. The van der Waals surface area contributed by atoms with E-state index in [9.17, 15) is 8.42 Å². The van der Waals surface area contributed by atoms with Crippen LogP contribution in [-0.4, -0.2) is 30.9 Å². The van der Waals surface area contributed by atoms with E-state index < -0.39 is 10.0 Å². The van der Waals surface area contributed by atoms with Gasteiger partial charge in [0.2, 0.25) is 0 Å². The summed E-state index contributed by atoms with van der Waals surface area (Å²) in [6, 6.07) is 3.21. The van der Waals surface area contributed by atoms with Gasteiger partial charge in [0, 0.05) is 18.0 Å². The number of hydrogen-bond donors (Lipinski definition) is 1. The second kappa shape index (κ2) is 4.67. The zero-order valence-electron chi connectivity index (χ0n) is 8.67. The first-order valence-electron chi connectivity index (χ1n) is 4.99. The fraction of sp³-hybridized carbons (Fsp3) is 0.400. The van der Waals surface area contributed by atoms with Crippen LogP contribution in [0, 0.1) is 0 Å². The van der Waals surface area contributed by atoms with Gasteiger partial charge in [0.05, 0.1) is 6.61 Å². The molecule has 0 atom stereocenters. The highest BCUT2D eigenvalue weighted by molar-refractivity contribution is 7.91. The second-order valence-electron chi connectivity index (χ2n) is 3.50. The smallest absolute Gasteiger partial charge is 0.252 e. The van der Waals surface area contributed by atoms with Crippen LogP contribution in [-0.2, 0) is 16.6 Å². The normalized spacial score (nSPS) is 17.8. The molecule has 1 aliphatic heterocycles. The van der Waals surface area contributed by atoms with Crippen LogP contribution >= 0.6 is 11.3 Å².